The lowest BCUT2D eigenvalue weighted by molar-refractivity contribution is 0.110. The summed E-state index contributed by atoms with van der Waals surface area (Å²) < 4.78 is 5.55. The summed E-state index contributed by atoms with van der Waals surface area (Å²) in [6.07, 6.45) is 5.16. The molecule has 2 rings (SSSR count). The molecule has 1 aromatic rings. The number of anilines is 1. The molecule has 3 heteroatoms. The van der Waals surface area contributed by atoms with Crippen molar-refractivity contribution in [3.8, 4) is 0 Å². The quantitative estimate of drug-likeness (QED) is 0.584. The van der Waals surface area contributed by atoms with Gasteiger partial charge < -0.3 is 15.8 Å². The molecule has 0 aliphatic carbocycles. The molecule has 1 saturated heterocycles. The SMILES string of the molecule is Nc1ccc(CCCNCC2CCCO2)cc1. The first-order chi connectivity index (χ1) is 8.34. The van der Waals surface area contributed by atoms with Crippen LogP contribution in [0.3, 0.4) is 0 Å². The summed E-state index contributed by atoms with van der Waals surface area (Å²) in [4.78, 5) is 0. The van der Waals surface area contributed by atoms with Gasteiger partial charge in [-0.05, 0) is 49.9 Å². The highest BCUT2D eigenvalue weighted by atomic mass is 16.5. The number of benzene rings is 1. The average Bonchev–Trinajstić information content (AvgIpc) is 2.84. The van der Waals surface area contributed by atoms with Crippen LogP contribution >= 0.6 is 0 Å². The highest BCUT2D eigenvalue weighted by Gasteiger charge is 2.13. The van der Waals surface area contributed by atoms with Crippen LogP contribution in [0.5, 0.6) is 0 Å². The van der Waals surface area contributed by atoms with E-state index in [-0.39, 0.29) is 0 Å². The second-order valence-electron chi connectivity index (χ2n) is 4.68. The summed E-state index contributed by atoms with van der Waals surface area (Å²) >= 11 is 0. The van der Waals surface area contributed by atoms with Gasteiger partial charge >= 0.3 is 0 Å². The first kappa shape index (κ1) is 12.4. The van der Waals surface area contributed by atoms with Crippen LogP contribution in [-0.4, -0.2) is 25.8 Å². The number of nitrogen functional groups attached to an aromatic ring is 1. The first-order valence-corrected chi connectivity index (χ1v) is 6.51. The van der Waals surface area contributed by atoms with E-state index in [1.807, 2.05) is 12.1 Å². The Labute approximate surface area is 103 Å². The van der Waals surface area contributed by atoms with Crippen LogP contribution in [0.15, 0.2) is 24.3 Å². The van der Waals surface area contributed by atoms with Gasteiger partial charge in [0.25, 0.3) is 0 Å². The molecular weight excluding hydrogens is 212 g/mol. The molecular formula is C14H22N2O. The summed E-state index contributed by atoms with van der Waals surface area (Å²) in [5.74, 6) is 0. The van der Waals surface area contributed by atoms with Crippen molar-refractivity contribution in [1.29, 1.82) is 0 Å². The zero-order valence-corrected chi connectivity index (χ0v) is 10.3. The molecule has 1 aliphatic heterocycles. The smallest absolute Gasteiger partial charge is 0.0700 e. The molecule has 0 spiro atoms. The van der Waals surface area contributed by atoms with E-state index in [9.17, 15) is 0 Å². The molecule has 0 amide bonds. The van der Waals surface area contributed by atoms with E-state index in [2.05, 4.69) is 17.4 Å². The van der Waals surface area contributed by atoms with E-state index in [0.29, 0.717) is 6.10 Å². The third-order valence-electron chi connectivity index (χ3n) is 3.19. The number of ether oxygens (including phenoxy) is 1. The molecule has 17 heavy (non-hydrogen) atoms. The molecule has 1 heterocycles. The van der Waals surface area contributed by atoms with Gasteiger partial charge in [0.05, 0.1) is 6.10 Å². The Morgan fingerprint density at radius 1 is 1.29 bits per heavy atom. The van der Waals surface area contributed by atoms with E-state index >= 15 is 0 Å². The van der Waals surface area contributed by atoms with Crippen LogP contribution in [0.4, 0.5) is 5.69 Å². The van der Waals surface area contributed by atoms with Gasteiger partial charge in [0.1, 0.15) is 0 Å². The Morgan fingerprint density at radius 3 is 2.82 bits per heavy atom. The van der Waals surface area contributed by atoms with Crippen LogP contribution in [0, 0.1) is 0 Å². The Balaban J connectivity index is 1.55. The van der Waals surface area contributed by atoms with Crippen molar-refractivity contribution < 1.29 is 4.74 Å². The van der Waals surface area contributed by atoms with Gasteiger partial charge in [0.15, 0.2) is 0 Å². The molecule has 3 N–H and O–H groups in total. The van der Waals surface area contributed by atoms with E-state index < -0.39 is 0 Å². The molecule has 3 nitrogen and oxygen atoms in total. The van der Waals surface area contributed by atoms with E-state index in [0.717, 1.165) is 38.2 Å². The Kier molecular flexibility index (Phi) is 4.83. The third kappa shape index (κ3) is 4.36. The molecule has 0 bridgehead atoms. The topological polar surface area (TPSA) is 47.3 Å². The number of hydrogen-bond donors (Lipinski definition) is 2. The van der Waals surface area contributed by atoms with Gasteiger partial charge in [-0.1, -0.05) is 12.1 Å². The minimum atomic E-state index is 0.450. The van der Waals surface area contributed by atoms with Crippen LogP contribution in [0.25, 0.3) is 0 Å². The van der Waals surface area contributed by atoms with Crippen LogP contribution in [0.2, 0.25) is 0 Å². The molecule has 0 radical (unpaired) electrons. The zero-order chi connectivity index (χ0) is 11.9. The fourth-order valence-electron chi connectivity index (χ4n) is 2.17. The molecule has 0 saturated carbocycles. The van der Waals surface area contributed by atoms with Gasteiger partial charge in [-0.15, -0.1) is 0 Å². The van der Waals surface area contributed by atoms with Gasteiger partial charge in [0.2, 0.25) is 0 Å². The maximum atomic E-state index is 5.65. The Bertz CT molecular complexity index is 317. The maximum Gasteiger partial charge on any atom is 0.0700 e. The monoisotopic (exact) mass is 234 g/mol. The summed E-state index contributed by atoms with van der Waals surface area (Å²) in [5.41, 5.74) is 7.84. The van der Waals surface area contributed by atoms with E-state index in [1.54, 1.807) is 0 Å². The van der Waals surface area contributed by atoms with E-state index in [4.69, 9.17) is 10.5 Å². The lowest BCUT2D eigenvalue weighted by atomic mass is 10.1. The molecule has 1 unspecified atom stereocenters. The van der Waals surface area contributed by atoms with Crippen LogP contribution < -0.4 is 11.1 Å². The second kappa shape index (κ2) is 6.62. The highest BCUT2D eigenvalue weighted by Crippen LogP contribution is 2.10. The van der Waals surface area contributed by atoms with E-state index in [1.165, 1.54) is 18.4 Å². The first-order valence-electron chi connectivity index (χ1n) is 6.51. The van der Waals surface area contributed by atoms with Crippen molar-refractivity contribution in [2.75, 3.05) is 25.4 Å². The summed E-state index contributed by atoms with van der Waals surface area (Å²) in [6, 6.07) is 8.15. The third-order valence-corrected chi connectivity index (χ3v) is 3.19. The van der Waals surface area contributed by atoms with Crippen LogP contribution in [0.1, 0.15) is 24.8 Å². The van der Waals surface area contributed by atoms with Gasteiger partial charge in [-0.2, -0.15) is 0 Å². The van der Waals surface area contributed by atoms with Gasteiger partial charge in [-0.3, -0.25) is 0 Å². The average molecular weight is 234 g/mol. The standard InChI is InChI=1S/C14H22N2O/c15-13-7-5-12(6-8-13)3-1-9-16-11-14-4-2-10-17-14/h5-8,14,16H,1-4,9-11,15H2. The summed E-state index contributed by atoms with van der Waals surface area (Å²) in [7, 11) is 0. The van der Waals surface area contributed by atoms with Crippen molar-refractivity contribution in [3.05, 3.63) is 29.8 Å². The van der Waals surface area contributed by atoms with Crippen LogP contribution in [-0.2, 0) is 11.2 Å². The number of nitrogens with two attached hydrogens (primary N) is 1. The fraction of sp³-hybridized carbons (Fsp3) is 0.571. The van der Waals surface area contributed by atoms with Crippen molar-refractivity contribution in [2.45, 2.75) is 31.8 Å². The normalized spacial score (nSPS) is 19.6. The van der Waals surface area contributed by atoms with Crippen molar-refractivity contribution >= 4 is 5.69 Å². The van der Waals surface area contributed by atoms with Gasteiger partial charge in [-0.25, -0.2) is 0 Å². The molecule has 0 aromatic heterocycles. The molecule has 1 fully saturated rings. The molecule has 1 atom stereocenters. The predicted molar refractivity (Wildman–Crippen MR) is 71.0 cm³/mol. The molecule has 1 aromatic carbocycles. The number of rotatable bonds is 6. The Morgan fingerprint density at radius 2 is 2.12 bits per heavy atom. The number of hydrogen-bond acceptors (Lipinski definition) is 3. The Hall–Kier alpha value is -1.06. The minimum Gasteiger partial charge on any atom is -0.399 e. The predicted octanol–water partition coefficient (Wildman–Crippen LogP) is 1.97. The minimum absolute atomic E-state index is 0.450. The summed E-state index contributed by atoms with van der Waals surface area (Å²) in [6.45, 7) is 3.00. The van der Waals surface area contributed by atoms with Crippen molar-refractivity contribution in [3.63, 3.8) is 0 Å². The lowest BCUT2D eigenvalue weighted by Crippen LogP contribution is -2.27. The zero-order valence-electron chi connectivity index (χ0n) is 10.3. The van der Waals surface area contributed by atoms with Crippen molar-refractivity contribution in [2.24, 2.45) is 0 Å². The number of nitrogens with one attached hydrogen (secondary N) is 1. The largest absolute Gasteiger partial charge is 0.399 e. The fourth-order valence-corrected chi connectivity index (χ4v) is 2.17. The number of aryl methyl sites for hydroxylation is 1. The summed E-state index contributed by atoms with van der Waals surface area (Å²) in [5, 5.41) is 3.46. The molecule has 1 aliphatic rings. The molecule has 94 valence electrons. The lowest BCUT2D eigenvalue weighted by Gasteiger charge is -2.10. The second-order valence-corrected chi connectivity index (χ2v) is 4.68. The highest BCUT2D eigenvalue weighted by molar-refractivity contribution is 5.39. The van der Waals surface area contributed by atoms with Gasteiger partial charge in [0, 0.05) is 18.8 Å². The van der Waals surface area contributed by atoms with Crippen molar-refractivity contribution in [1.82, 2.24) is 5.32 Å². The maximum absolute atomic E-state index is 5.65.